The number of piperidine rings is 1. The highest BCUT2D eigenvalue weighted by Crippen LogP contribution is 2.21. The first-order valence-corrected chi connectivity index (χ1v) is 9.77. The summed E-state index contributed by atoms with van der Waals surface area (Å²) in [5.74, 6) is 1.57. The number of carbonyl (C=O) groups is 1. The van der Waals surface area contributed by atoms with Crippen molar-refractivity contribution < 1.29 is 9.53 Å². The zero-order valence-electron chi connectivity index (χ0n) is 15.5. The minimum atomic E-state index is 0.104. The molecule has 1 amide bonds. The van der Waals surface area contributed by atoms with Gasteiger partial charge in [-0.1, -0.05) is 19.3 Å². The van der Waals surface area contributed by atoms with Gasteiger partial charge in [-0.05, 0) is 43.7 Å². The van der Waals surface area contributed by atoms with Crippen molar-refractivity contribution in [3.8, 4) is 0 Å². The molecule has 0 saturated carbocycles. The summed E-state index contributed by atoms with van der Waals surface area (Å²) in [5.41, 5.74) is 0.703. The molecule has 2 aliphatic rings. The van der Waals surface area contributed by atoms with Gasteiger partial charge < -0.3 is 14.5 Å². The molecule has 0 radical (unpaired) electrons. The number of carbonyl (C=O) groups excluding carboxylic acids is 1. The number of pyridine rings is 1. The fourth-order valence-electron chi connectivity index (χ4n) is 3.98. The first kappa shape index (κ1) is 18.2. The van der Waals surface area contributed by atoms with Crippen molar-refractivity contribution in [2.75, 3.05) is 44.8 Å². The Bertz CT molecular complexity index is 536. The molecule has 0 aromatic carbocycles. The second-order valence-corrected chi connectivity index (χ2v) is 7.37. The Balaban J connectivity index is 1.61. The molecule has 0 bridgehead atoms. The fraction of sp³-hybridized carbons (Fsp3) is 0.700. The topological polar surface area (TPSA) is 45.7 Å². The number of anilines is 1. The molecule has 1 unspecified atom stereocenters. The van der Waals surface area contributed by atoms with Crippen LogP contribution in [0.5, 0.6) is 0 Å². The molecule has 138 valence electrons. The molecule has 5 nitrogen and oxygen atoms in total. The average Bonchev–Trinajstić information content (AvgIpc) is 2.62. The van der Waals surface area contributed by atoms with Gasteiger partial charge in [0.15, 0.2) is 0 Å². The first-order chi connectivity index (χ1) is 12.3. The maximum absolute atomic E-state index is 12.8. The summed E-state index contributed by atoms with van der Waals surface area (Å²) in [4.78, 5) is 21.7. The summed E-state index contributed by atoms with van der Waals surface area (Å²) >= 11 is 0. The molecule has 25 heavy (non-hydrogen) atoms. The molecule has 0 spiro atoms. The predicted octanol–water partition coefficient (Wildman–Crippen LogP) is 3.35. The number of ether oxygens (including phenoxy) is 1. The minimum Gasteiger partial charge on any atom is -0.384 e. The van der Waals surface area contributed by atoms with E-state index in [1.807, 2.05) is 17.0 Å². The molecular weight excluding hydrogens is 314 g/mol. The molecule has 0 N–H and O–H groups in total. The highest BCUT2D eigenvalue weighted by molar-refractivity contribution is 5.94. The molecule has 5 heteroatoms. The lowest BCUT2D eigenvalue weighted by Gasteiger charge is -2.32. The predicted molar refractivity (Wildman–Crippen MR) is 100 cm³/mol. The molecule has 1 aromatic heterocycles. The summed E-state index contributed by atoms with van der Waals surface area (Å²) in [6.45, 7) is 4.51. The third-order valence-corrected chi connectivity index (χ3v) is 5.38. The van der Waals surface area contributed by atoms with Gasteiger partial charge in [-0.3, -0.25) is 4.79 Å². The maximum atomic E-state index is 12.8. The van der Waals surface area contributed by atoms with Gasteiger partial charge in [-0.2, -0.15) is 0 Å². The molecule has 1 atom stereocenters. The Morgan fingerprint density at radius 2 is 1.88 bits per heavy atom. The number of rotatable bonds is 4. The number of aromatic nitrogens is 1. The first-order valence-electron chi connectivity index (χ1n) is 9.77. The van der Waals surface area contributed by atoms with E-state index >= 15 is 0 Å². The number of methoxy groups -OCH3 is 1. The third kappa shape index (κ3) is 4.94. The summed E-state index contributed by atoms with van der Waals surface area (Å²) in [6.07, 6.45) is 10.4. The number of amides is 1. The van der Waals surface area contributed by atoms with Crippen molar-refractivity contribution in [2.45, 2.75) is 44.9 Å². The largest absolute Gasteiger partial charge is 0.384 e. The summed E-state index contributed by atoms with van der Waals surface area (Å²) in [6, 6.07) is 3.97. The van der Waals surface area contributed by atoms with Gasteiger partial charge in [-0.25, -0.2) is 4.98 Å². The SMILES string of the molecule is COCC1CCCN(C(=O)c2ccc(N3CCCCCCC3)nc2)C1. The molecule has 3 rings (SSSR count). The maximum Gasteiger partial charge on any atom is 0.255 e. The molecule has 1 aromatic rings. The van der Waals surface area contributed by atoms with Crippen LogP contribution >= 0.6 is 0 Å². The van der Waals surface area contributed by atoms with Gasteiger partial charge >= 0.3 is 0 Å². The Morgan fingerprint density at radius 1 is 1.12 bits per heavy atom. The molecule has 2 saturated heterocycles. The van der Waals surface area contributed by atoms with Crippen LogP contribution in [-0.2, 0) is 4.74 Å². The lowest BCUT2D eigenvalue weighted by Crippen LogP contribution is -2.41. The standard InChI is InChI=1S/C20H31N3O2/c1-25-16-17-8-7-13-23(15-17)20(24)18-9-10-19(21-14-18)22-11-5-3-2-4-6-12-22/h9-10,14,17H,2-8,11-13,15-16H2,1H3. The van der Waals surface area contributed by atoms with Crippen LogP contribution in [0.1, 0.15) is 55.3 Å². The van der Waals surface area contributed by atoms with Crippen LogP contribution in [0.25, 0.3) is 0 Å². The van der Waals surface area contributed by atoms with E-state index in [0.717, 1.165) is 51.4 Å². The van der Waals surface area contributed by atoms with Crippen molar-refractivity contribution in [3.05, 3.63) is 23.9 Å². The van der Waals surface area contributed by atoms with Crippen LogP contribution in [0.15, 0.2) is 18.3 Å². The normalized spacial score (nSPS) is 22.4. The monoisotopic (exact) mass is 345 g/mol. The van der Waals surface area contributed by atoms with Crippen molar-refractivity contribution in [2.24, 2.45) is 5.92 Å². The van der Waals surface area contributed by atoms with Crippen LogP contribution in [0.4, 0.5) is 5.82 Å². The highest BCUT2D eigenvalue weighted by Gasteiger charge is 2.24. The van der Waals surface area contributed by atoms with Crippen molar-refractivity contribution >= 4 is 11.7 Å². The van der Waals surface area contributed by atoms with Crippen LogP contribution in [0, 0.1) is 5.92 Å². The molecule has 2 fully saturated rings. The van der Waals surface area contributed by atoms with Crippen LogP contribution < -0.4 is 4.90 Å². The number of likely N-dealkylation sites (tertiary alicyclic amines) is 1. The van der Waals surface area contributed by atoms with Gasteiger partial charge in [0, 0.05) is 39.5 Å². The van der Waals surface area contributed by atoms with E-state index in [2.05, 4.69) is 9.88 Å². The second kappa shape index (κ2) is 9.18. The van der Waals surface area contributed by atoms with E-state index in [0.29, 0.717) is 11.5 Å². The molecule has 3 heterocycles. The minimum absolute atomic E-state index is 0.104. The van der Waals surface area contributed by atoms with Crippen LogP contribution in [-0.4, -0.2) is 55.7 Å². The van der Waals surface area contributed by atoms with Crippen molar-refractivity contribution in [1.82, 2.24) is 9.88 Å². The smallest absolute Gasteiger partial charge is 0.255 e. The summed E-state index contributed by atoms with van der Waals surface area (Å²) < 4.78 is 5.26. The van der Waals surface area contributed by atoms with E-state index in [-0.39, 0.29) is 5.91 Å². The Morgan fingerprint density at radius 3 is 2.56 bits per heavy atom. The van der Waals surface area contributed by atoms with Crippen LogP contribution in [0.3, 0.4) is 0 Å². The molecule has 2 aliphatic heterocycles. The summed E-state index contributed by atoms with van der Waals surface area (Å²) in [7, 11) is 1.73. The number of hydrogen-bond acceptors (Lipinski definition) is 4. The van der Waals surface area contributed by atoms with Gasteiger partial charge in [0.25, 0.3) is 5.91 Å². The van der Waals surface area contributed by atoms with E-state index in [4.69, 9.17) is 4.74 Å². The number of hydrogen-bond donors (Lipinski definition) is 0. The molecule has 0 aliphatic carbocycles. The highest BCUT2D eigenvalue weighted by atomic mass is 16.5. The lowest BCUT2D eigenvalue weighted by molar-refractivity contribution is 0.0570. The summed E-state index contributed by atoms with van der Waals surface area (Å²) in [5, 5.41) is 0. The quantitative estimate of drug-likeness (QED) is 0.839. The second-order valence-electron chi connectivity index (χ2n) is 7.37. The molecular formula is C20H31N3O2. The van der Waals surface area contributed by atoms with Crippen molar-refractivity contribution in [3.63, 3.8) is 0 Å². The fourth-order valence-corrected chi connectivity index (χ4v) is 3.98. The zero-order valence-corrected chi connectivity index (χ0v) is 15.5. The van der Waals surface area contributed by atoms with Gasteiger partial charge in [0.1, 0.15) is 5.82 Å². The van der Waals surface area contributed by atoms with E-state index in [9.17, 15) is 4.79 Å². The Kier molecular flexibility index (Phi) is 6.68. The van der Waals surface area contributed by atoms with Gasteiger partial charge in [0.05, 0.1) is 12.2 Å². The zero-order chi connectivity index (χ0) is 17.5. The average molecular weight is 345 g/mol. The Labute approximate surface area is 151 Å². The lowest BCUT2D eigenvalue weighted by atomic mass is 9.98. The number of nitrogens with zero attached hydrogens (tertiary/aromatic N) is 3. The van der Waals surface area contributed by atoms with Gasteiger partial charge in [0.2, 0.25) is 0 Å². The van der Waals surface area contributed by atoms with E-state index in [1.165, 1.54) is 32.1 Å². The van der Waals surface area contributed by atoms with Crippen LogP contribution in [0.2, 0.25) is 0 Å². The van der Waals surface area contributed by atoms with E-state index in [1.54, 1.807) is 13.3 Å². The van der Waals surface area contributed by atoms with E-state index < -0.39 is 0 Å². The van der Waals surface area contributed by atoms with Crippen molar-refractivity contribution in [1.29, 1.82) is 0 Å². The third-order valence-electron chi connectivity index (χ3n) is 5.38. The van der Waals surface area contributed by atoms with Gasteiger partial charge in [-0.15, -0.1) is 0 Å². The Hall–Kier alpha value is -1.62.